The molecule has 0 spiro atoms. The molecule has 0 radical (unpaired) electrons. The Labute approximate surface area is 208 Å². The monoisotopic (exact) mass is 474 g/mol. The summed E-state index contributed by atoms with van der Waals surface area (Å²) in [6.45, 7) is 9.76. The van der Waals surface area contributed by atoms with Crippen molar-refractivity contribution in [2.45, 2.75) is 65.6 Å². The number of nitrogens with zero attached hydrogens (tertiary/aromatic N) is 1. The molecule has 3 aromatic carbocycles. The van der Waals surface area contributed by atoms with E-state index in [1.807, 2.05) is 83.1 Å². The molecule has 0 saturated carbocycles. The van der Waals surface area contributed by atoms with Gasteiger partial charge in [-0.05, 0) is 62.9 Å². The molecule has 1 atom stereocenters. The molecule has 2 amide bonds. The lowest BCUT2D eigenvalue weighted by molar-refractivity contribution is -0.141. The first kappa shape index (κ1) is 26.1. The number of amides is 2. The fourth-order valence-electron chi connectivity index (χ4n) is 4.01. The summed E-state index contributed by atoms with van der Waals surface area (Å²) in [5, 5.41) is 3.03. The summed E-state index contributed by atoms with van der Waals surface area (Å²) in [6.07, 6.45) is 0.458. The van der Waals surface area contributed by atoms with Gasteiger partial charge in [0.05, 0.1) is 6.42 Å². The summed E-state index contributed by atoms with van der Waals surface area (Å²) in [5.74, 6) is -0.876. The van der Waals surface area contributed by atoms with Crippen LogP contribution in [-0.4, -0.2) is 28.3 Å². The van der Waals surface area contributed by atoms with E-state index in [9.17, 15) is 14.0 Å². The van der Waals surface area contributed by atoms with Crippen molar-refractivity contribution < 1.29 is 14.0 Å². The van der Waals surface area contributed by atoms with E-state index in [0.29, 0.717) is 12.0 Å². The van der Waals surface area contributed by atoms with Crippen LogP contribution in [0.3, 0.4) is 0 Å². The smallest absolute Gasteiger partial charge is 0.243 e. The number of carbonyl (C=O) groups excluding carboxylic acids is 2. The van der Waals surface area contributed by atoms with Gasteiger partial charge in [0.2, 0.25) is 11.8 Å². The molecule has 0 aliphatic heterocycles. The summed E-state index contributed by atoms with van der Waals surface area (Å²) in [7, 11) is 0. The van der Waals surface area contributed by atoms with Crippen molar-refractivity contribution in [3.63, 3.8) is 0 Å². The molecule has 0 fully saturated rings. The van der Waals surface area contributed by atoms with E-state index < -0.39 is 17.4 Å². The minimum absolute atomic E-state index is 0.00537. The molecule has 184 valence electrons. The van der Waals surface area contributed by atoms with Crippen molar-refractivity contribution in [1.29, 1.82) is 0 Å². The van der Waals surface area contributed by atoms with Gasteiger partial charge in [0.25, 0.3) is 0 Å². The molecule has 0 aromatic heterocycles. The average Bonchev–Trinajstić information content (AvgIpc) is 2.79. The van der Waals surface area contributed by atoms with Gasteiger partial charge in [0.1, 0.15) is 11.9 Å². The zero-order valence-corrected chi connectivity index (χ0v) is 21.3. The van der Waals surface area contributed by atoms with Gasteiger partial charge in [-0.1, -0.05) is 66.7 Å². The Morgan fingerprint density at radius 1 is 0.886 bits per heavy atom. The highest BCUT2D eigenvalue weighted by molar-refractivity contribution is 5.89. The molecule has 3 aromatic rings. The number of nitrogens with one attached hydrogen (secondary N) is 1. The number of halogens is 1. The Kier molecular flexibility index (Phi) is 8.44. The fourth-order valence-corrected chi connectivity index (χ4v) is 4.01. The van der Waals surface area contributed by atoms with E-state index in [1.54, 1.807) is 18.2 Å². The second-order valence-electron chi connectivity index (χ2n) is 10.2. The Bertz CT molecular complexity index is 1170. The van der Waals surface area contributed by atoms with Crippen molar-refractivity contribution >= 4 is 11.8 Å². The molecule has 0 bridgehead atoms. The molecular formula is C30H35FN2O2. The quantitative estimate of drug-likeness (QED) is 0.466. The molecule has 0 aliphatic rings. The highest BCUT2D eigenvalue weighted by atomic mass is 19.1. The molecule has 0 saturated heterocycles. The Balaban J connectivity index is 2.01. The molecule has 0 heterocycles. The van der Waals surface area contributed by atoms with E-state index in [1.165, 1.54) is 11.0 Å². The van der Waals surface area contributed by atoms with Crippen LogP contribution in [0.15, 0.2) is 72.8 Å². The zero-order chi connectivity index (χ0) is 25.6. The van der Waals surface area contributed by atoms with Gasteiger partial charge in [-0.25, -0.2) is 4.39 Å². The summed E-state index contributed by atoms with van der Waals surface area (Å²) < 4.78 is 14.7. The predicted octanol–water partition coefficient (Wildman–Crippen LogP) is 5.54. The Morgan fingerprint density at radius 3 is 2.17 bits per heavy atom. The maximum absolute atomic E-state index is 14.7. The Hall–Kier alpha value is -3.47. The van der Waals surface area contributed by atoms with Crippen LogP contribution in [0.4, 0.5) is 4.39 Å². The third-order valence-electron chi connectivity index (χ3n) is 5.99. The highest BCUT2D eigenvalue weighted by Gasteiger charge is 2.32. The van der Waals surface area contributed by atoms with Crippen molar-refractivity contribution in [3.8, 4) is 0 Å². The lowest BCUT2D eigenvalue weighted by atomic mass is 9.99. The summed E-state index contributed by atoms with van der Waals surface area (Å²) >= 11 is 0. The van der Waals surface area contributed by atoms with Crippen LogP contribution < -0.4 is 5.32 Å². The SMILES string of the molecule is Cc1ccc(CC(=O)N(Cc2ccccc2F)[C@H](Cc2ccccc2)C(=O)NC(C)(C)C)cc1C. The summed E-state index contributed by atoms with van der Waals surface area (Å²) in [4.78, 5) is 28.8. The van der Waals surface area contributed by atoms with Gasteiger partial charge in [-0.15, -0.1) is 0 Å². The number of hydrogen-bond donors (Lipinski definition) is 1. The van der Waals surface area contributed by atoms with E-state index >= 15 is 0 Å². The largest absolute Gasteiger partial charge is 0.350 e. The van der Waals surface area contributed by atoms with Crippen LogP contribution in [-0.2, 0) is 29.0 Å². The van der Waals surface area contributed by atoms with Crippen molar-refractivity contribution in [2.24, 2.45) is 0 Å². The third-order valence-corrected chi connectivity index (χ3v) is 5.99. The average molecular weight is 475 g/mol. The summed E-state index contributed by atoms with van der Waals surface area (Å²) in [5.41, 5.74) is 3.94. The van der Waals surface area contributed by atoms with Crippen LogP contribution in [0.1, 0.15) is 48.6 Å². The first-order valence-corrected chi connectivity index (χ1v) is 12.0. The van der Waals surface area contributed by atoms with Crippen molar-refractivity contribution in [2.75, 3.05) is 0 Å². The highest BCUT2D eigenvalue weighted by Crippen LogP contribution is 2.20. The molecule has 5 heteroatoms. The first-order valence-electron chi connectivity index (χ1n) is 12.0. The van der Waals surface area contributed by atoms with Gasteiger partial charge in [0, 0.05) is 24.1 Å². The molecule has 1 N–H and O–H groups in total. The minimum atomic E-state index is -0.796. The van der Waals surface area contributed by atoms with Gasteiger partial charge in [-0.3, -0.25) is 9.59 Å². The molecular weight excluding hydrogens is 439 g/mol. The predicted molar refractivity (Wildman–Crippen MR) is 138 cm³/mol. The topological polar surface area (TPSA) is 49.4 Å². The van der Waals surface area contributed by atoms with Gasteiger partial charge in [0.15, 0.2) is 0 Å². The maximum Gasteiger partial charge on any atom is 0.243 e. The fraction of sp³-hybridized carbons (Fsp3) is 0.333. The second-order valence-corrected chi connectivity index (χ2v) is 10.2. The number of carbonyl (C=O) groups is 2. The lowest BCUT2D eigenvalue weighted by Gasteiger charge is -2.34. The Morgan fingerprint density at radius 2 is 1.54 bits per heavy atom. The maximum atomic E-state index is 14.7. The standard InChI is InChI=1S/C30H35FN2O2/c1-21-15-16-24(17-22(21)2)19-28(34)33(20-25-13-9-10-14-26(25)31)27(29(35)32-30(3,4)5)18-23-11-7-6-8-12-23/h6-17,27H,18-20H2,1-5H3,(H,32,35)/t27-/m1/s1. The zero-order valence-electron chi connectivity index (χ0n) is 21.3. The third kappa shape index (κ3) is 7.51. The van der Waals surface area contributed by atoms with E-state index in [2.05, 4.69) is 5.32 Å². The van der Waals surface area contributed by atoms with Crippen LogP contribution in [0.2, 0.25) is 0 Å². The van der Waals surface area contributed by atoms with E-state index in [0.717, 1.165) is 22.3 Å². The first-order chi connectivity index (χ1) is 16.5. The molecule has 4 nitrogen and oxygen atoms in total. The van der Waals surface area contributed by atoms with Gasteiger partial charge < -0.3 is 10.2 Å². The van der Waals surface area contributed by atoms with Crippen LogP contribution in [0, 0.1) is 19.7 Å². The molecule has 0 aliphatic carbocycles. The second kappa shape index (κ2) is 11.3. The van der Waals surface area contributed by atoms with Crippen LogP contribution >= 0.6 is 0 Å². The molecule has 35 heavy (non-hydrogen) atoms. The number of hydrogen-bond acceptors (Lipinski definition) is 2. The number of rotatable bonds is 8. The normalized spacial score (nSPS) is 12.2. The number of benzene rings is 3. The van der Waals surface area contributed by atoms with Gasteiger partial charge in [-0.2, -0.15) is 0 Å². The molecule has 3 rings (SSSR count). The van der Waals surface area contributed by atoms with Crippen LogP contribution in [0.25, 0.3) is 0 Å². The van der Waals surface area contributed by atoms with Crippen LogP contribution in [0.5, 0.6) is 0 Å². The molecule has 0 unspecified atom stereocenters. The van der Waals surface area contributed by atoms with Gasteiger partial charge >= 0.3 is 0 Å². The number of aryl methyl sites for hydroxylation is 2. The lowest BCUT2D eigenvalue weighted by Crippen LogP contribution is -2.54. The van der Waals surface area contributed by atoms with E-state index in [-0.39, 0.29) is 24.8 Å². The van der Waals surface area contributed by atoms with E-state index in [4.69, 9.17) is 0 Å². The minimum Gasteiger partial charge on any atom is -0.350 e. The van der Waals surface area contributed by atoms with Crippen molar-refractivity contribution in [3.05, 3.63) is 106 Å². The summed E-state index contributed by atoms with van der Waals surface area (Å²) in [6, 6.07) is 21.1. The van der Waals surface area contributed by atoms with Crippen molar-refractivity contribution in [1.82, 2.24) is 10.2 Å².